The molecule has 0 bridgehead atoms. The molecule has 1 nitrogen and oxygen atoms in total. The summed E-state index contributed by atoms with van der Waals surface area (Å²) in [4.78, 5) is 0. The van der Waals surface area contributed by atoms with E-state index in [-0.39, 0.29) is 0 Å². The molecular weight excluding hydrogens is 170 g/mol. The van der Waals surface area contributed by atoms with Crippen LogP contribution in [-0.4, -0.2) is 11.6 Å². The lowest BCUT2D eigenvalue weighted by Crippen LogP contribution is -2.57. The summed E-state index contributed by atoms with van der Waals surface area (Å²) >= 11 is 0. The van der Waals surface area contributed by atoms with E-state index < -0.39 is 0 Å². The maximum atomic E-state index is 3.93. The number of hydrogen-bond donors (Lipinski definition) is 1. The Balaban J connectivity index is 1.63. The molecule has 0 aromatic carbocycles. The average Bonchev–Trinajstić information content (AvgIpc) is 2.94. The van der Waals surface area contributed by atoms with Crippen molar-refractivity contribution in [2.45, 2.75) is 76.3 Å². The first-order valence-electron chi connectivity index (χ1n) is 6.50. The van der Waals surface area contributed by atoms with Crippen molar-refractivity contribution < 1.29 is 0 Å². The lowest BCUT2D eigenvalue weighted by molar-refractivity contribution is 0.0155. The number of nitrogens with one attached hydrogen (secondary N) is 1. The molecule has 1 spiro atoms. The van der Waals surface area contributed by atoms with Crippen LogP contribution in [0, 0.1) is 5.41 Å². The van der Waals surface area contributed by atoms with Crippen LogP contribution in [0.4, 0.5) is 0 Å². The molecule has 3 fully saturated rings. The summed E-state index contributed by atoms with van der Waals surface area (Å²) < 4.78 is 0. The molecular formula is C13H23N. The molecule has 3 saturated carbocycles. The summed E-state index contributed by atoms with van der Waals surface area (Å²) in [5.41, 5.74) is 1.30. The van der Waals surface area contributed by atoms with E-state index in [4.69, 9.17) is 0 Å². The van der Waals surface area contributed by atoms with Crippen molar-refractivity contribution in [1.29, 1.82) is 0 Å². The lowest BCUT2D eigenvalue weighted by Gasteiger charge is -2.53. The van der Waals surface area contributed by atoms with Crippen LogP contribution >= 0.6 is 0 Å². The molecule has 3 aliphatic carbocycles. The van der Waals surface area contributed by atoms with E-state index in [0.29, 0.717) is 5.54 Å². The minimum atomic E-state index is 0.551. The third-order valence-electron chi connectivity index (χ3n) is 5.04. The summed E-state index contributed by atoms with van der Waals surface area (Å²) in [6.45, 7) is 2.40. The van der Waals surface area contributed by atoms with Gasteiger partial charge in [0.2, 0.25) is 0 Å². The summed E-state index contributed by atoms with van der Waals surface area (Å²) in [7, 11) is 0. The van der Waals surface area contributed by atoms with Crippen LogP contribution in [0.1, 0.15) is 64.7 Å². The van der Waals surface area contributed by atoms with Crippen molar-refractivity contribution in [2.24, 2.45) is 5.41 Å². The zero-order valence-corrected chi connectivity index (χ0v) is 9.44. The summed E-state index contributed by atoms with van der Waals surface area (Å²) in [6.07, 6.45) is 13.3. The molecule has 1 N–H and O–H groups in total. The largest absolute Gasteiger partial charge is 0.308 e. The highest BCUT2D eigenvalue weighted by atomic mass is 15.1. The highest BCUT2D eigenvalue weighted by Gasteiger charge is 2.50. The topological polar surface area (TPSA) is 12.0 Å². The van der Waals surface area contributed by atoms with Gasteiger partial charge in [0, 0.05) is 11.6 Å². The van der Waals surface area contributed by atoms with Gasteiger partial charge < -0.3 is 5.32 Å². The molecule has 0 radical (unpaired) electrons. The van der Waals surface area contributed by atoms with Gasteiger partial charge in [0.25, 0.3) is 0 Å². The number of rotatable bonds is 2. The fourth-order valence-corrected chi connectivity index (χ4v) is 3.53. The average molecular weight is 193 g/mol. The maximum Gasteiger partial charge on any atom is 0.0157 e. The molecule has 80 valence electrons. The smallest absolute Gasteiger partial charge is 0.0157 e. The van der Waals surface area contributed by atoms with Crippen LogP contribution < -0.4 is 5.32 Å². The van der Waals surface area contributed by atoms with Gasteiger partial charge in [-0.2, -0.15) is 0 Å². The predicted molar refractivity (Wildman–Crippen MR) is 59.3 cm³/mol. The molecule has 0 aromatic rings. The van der Waals surface area contributed by atoms with Gasteiger partial charge in [0.1, 0.15) is 0 Å². The molecule has 0 aromatic heterocycles. The predicted octanol–water partition coefficient (Wildman–Crippen LogP) is 3.24. The second kappa shape index (κ2) is 2.98. The minimum Gasteiger partial charge on any atom is -0.308 e. The van der Waals surface area contributed by atoms with E-state index in [1.54, 1.807) is 0 Å². The zero-order valence-electron chi connectivity index (χ0n) is 9.44. The van der Waals surface area contributed by atoms with Crippen LogP contribution in [0.2, 0.25) is 0 Å². The van der Waals surface area contributed by atoms with Crippen molar-refractivity contribution in [2.75, 3.05) is 0 Å². The Kier molecular flexibility index (Phi) is 1.96. The van der Waals surface area contributed by atoms with Crippen molar-refractivity contribution in [3.8, 4) is 0 Å². The molecule has 1 atom stereocenters. The van der Waals surface area contributed by atoms with Crippen LogP contribution in [-0.2, 0) is 0 Å². The molecule has 0 aliphatic heterocycles. The van der Waals surface area contributed by atoms with Crippen LogP contribution in [0.25, 0.3) is 0 Å². The molecule has 1 unspecified atom stereocenters. The van der Waals surface area contributed by atoms with Crippen LogP contribution in [0.5, 0.6) is 0 Å². The standard InChI is InChI=1S/C13H23N/c1-12(9-10-12)14-11-5-8-13(11)6-3-2-4-7-13/h11,14H,2-10H2,1H3. The molecule has 1 heteroatoms. The van der Waals surface area contributed by atoms with Gasteiger partial charge in [-0.25, -0.2) is 0 Å². The van der Waals surface area contributed by atoms with Crippen molar-refractivity contribution in [3.63, 3.8) is 0 Å². The Morgan fingerprint density at radius 2 is 1.64 bits per heavy atom. The van der Waals surface area contributed by atoms with E-state index in [0.717, 1.165) is 11.5 Å². The van der Waals surface area contributed by atoms with Crippen LogP contribution in [0.3, 0.4) is 0 Å². The second-order valence-electron chi connectivity index (χ2n) is 6.22. The molecule has 3 rings (SSSR count). The summed E-state index contributed by atoms with van der Waals surface area (Å²) in [6, 6.07) is 0.885. The Bertz CT molecular complexity index is 223. The van der Waals surface area contributed by atoms with Gasteiger partial charge in [-0.1, -0.05) is 19.3 Å². The zero-order chi connectivity index (χ0) is 9.65. The van der Waals surface area contributed by atoms with Gasteiger partial charge in [-0.3, -0.25) is 0 Å². The Morgan fingerprint density at radius 3 is 2.14 bits per heavy atom. The fraction of sp³-hybridized carbons (Fsp3) is 1.00. The molecule has 14 heavy (non-hydrogen) atoms. The fourth-order valence-electron chi connectivity index (χ4n) is 3.53. The van der Waals surface area contributed by atoms with E-state index >= 15 is 0 Å². The summed E-state index contributed by atoms with van der Waals surface area (Å²) in [5.74, 6) is 0. The van der Waals surface area contributed by atoms with Gasteiger partial charge in [0.05, 0.1) is 0 Å². The molecule has 0 saturated heterocycles. The Morgan fingerprint density at radius 1 is 0.929 bits per heavy atom. The Labute approximate surface area is 87.7 Å². The van der Waals surface area contributed by atoms with E-state index in [9.17, 15) is 0 Å². The molecule has 3 aliphatic rings. The second-order valence-corrected chi connectivity index (χ2v) is 6.22. The first kappa shape index (κ1) is 9.21. The molecule has 0 heterocycles. The minimum absolute atomic E-state index is 0.551. The van der Waals surface area contributed by atoms with E-state index in [2.05, 4.69) is 12.2 Å². The van der Waals surface area contributed by atoms with Gasteiger partial charge in [-0.05, 0) is 50.9 Å². The number of hydrogen-bond acceptors (Lipinski definition) is 1. The third kappa shape index (κ3) is 1.41. The molecule has 0 amide bonds. The first-order chi connectivity index (χ1) is 6.73. The van der Waals surface area contributed by atoms with E-state index in [1.807, 2.05) is 0 Å². The van der Waals surface area contributed by atoms with Crippen LogP contribution in [0.15, 0.2) is 0 Å². The highest BCUT2D eigenvalue weighted by Crippen LogP contribution is 2.53. The maximum absolute atomic E-state index is 3.93. The van der Waals surface area contributed by atoms with Gasteiger partial charge in [-0.15, -0.1) is 0 Å². The quantitative estimate of drug-likeness (QED) is 0.710. The Hall–Kier alpha value is -0.0400. The van der Waals surface area contributed by atoms with Gasteiger partial charge >= 0.3 is 0 Å². The summed E-state index contributed by atoms with van der Waals surface area (Å²) in [5, 5.41) is 3.93. The van der Waals surface area contributed by atoms with Crippen molar-refractivity contribution >= 4 is 0 Å². The van der Waals surface area contributed by atoms with Crippen molar-refractivity contribution in [3.05, 3.63) is 0 Å². The normalized spacial score (nSPS) is 37.9. The van der Waals surface area contributed by atoms with Crippen molar-refractivity contribution in [1.82, 2.24) is 5.32 Å². The lowest BCUT2D eigenvalue weighted by atomic mass is 9.57. The highest BCUT2D eigenvalue weighted by molar-refractivity contribution is 5.08. The first-order valence-corrected chi connectivity index (χ1v) is 6.50. The monoisotopic (exact) mass is 193 g/mol. The van der Waals surface area contributed by atoms with Gasteiger partial charge in [0.15, 0.2) is 0 Å². The SMILES string of the molecule is CC1(NC2CCC23CCCCC3)CC1. The third-order valence-corrected chi connectivity index (χ3v) is 5.04. The van der Waals surface area contributed by atoms with E-state index in [1.165, 1.54) is 57.8 Å².